The molecule has 0 heterocycles. The number of methoxy groups -OCH3 is 3. The van der Waals surface area contributed by atoms with Crippen LogP contribution in [0.1, 0.15) is 11.1 Å². The molecular weight excluding hydrogens is 306 g/mol. The molecule has 128 valence electrons. The van der Waals surface area contributed by atoms with Crippen LogP contribution in [0.4, 0.5) is 0 Å². The molecule has 0 unspecified atom stereocenters. The normalized spacial score (nSPS) is 10.2. The van der Waals surface area contributed by atoms with Gasteiger partial charge < -0.3 is 19.1 Å². The minimum atomic E-state index is 0.0398. The molecule has 24 heavy (non-hydrogen) atoms. The first kappa shape index (κ1) is 17.7. The van der Waals surface area contributed by atoms with E-state index in [1.807, 2.05) is 42.5 Å². The lowest BCUT2D eigenvalue weighted by Gasteiger charge is -2.18. The van der Waals surface area contributed by atoms with Gasteiger partial charge >= 0.3 is 0 Å². The number of ether oxygens (including phenoxy) is 3. The maximum Gasteiger partial charge on any atom is 0.227 e. The van der Waals surface area contributed by atoms with Gasteiger partial charge in [-0.05, 0) is 35.4 Å². The maximum absolute atomic E-state index is 12.4. The average molecular weight is 329 g/mol. The lowest BCUT2D eigenvalue weighted by molar-refractivity contribution is -0.129. The predicted molar refractivity (Wildman–Crippen MR) is 92.7 cm³/mol. The molecular formula is C19H23NO4. The molecule has 0 radical (unpaired) electrons. The Hall–Kier alpha value is -2.69. The molecule has 0 saturated heterocycles. The van der Waals surface area contributed by atoms with Crippen molar-refractivity contribution in [2.75, 3.05) is 28.4 Å². The minimum absolute atomic E-state index is 0.0398. The standard InChI is InChI=1S/C19H23NO4/c1-20(13-14-5-8-16(22-2)9-6-14)19(21)12-15-7-10-17(23-3)18(11-15)24-4/h5-11H,12-13H2,1-4H3. The second-order valence-corrected chi connectivity index (χ2v) is 5.46. The lowest BCUT2D eigenvalue weighted by Crippen LogP contribution is -2.27. The van der Waals surface area contributed by atoms with Gasteiger partial charge in [-0.1, -0.05) is 18.2 Å². The molecule has 1 amide bonds. The van der Waals surface area contributed by atoms with E-state index in [4.69, 9.17) is 14.2 Å². The largest absolute Gasteiger partial charge is 0.497 e. The van der Waals surface area contributed by atoms with Gasteiger partial charge in [-0.3, -0.25) is 4.79 Å². The molecule has 0 fully saturated rings. The van der Waals surface area contributed by atoms with Crippen molar-refractivity contribution in [2.45, 2.75) is 13.0 Å². The zero-order valence-electron chi connectivity index (χ0n) is 14.5. The minimum Gasteiger partial charge on any atom is -0.497 e. The van der Waals surface area contributed by atoms with Crippen LogP contribution in [0.15, 0.2) is 42.5 Å². The fourth-order valence-corrected chi connectivity index (χ4v) is 2.39. The van der Waals surface area contributed by atoms with Crippen molar-refractivity contribution in [3.63, 3.8) is 0 Å². The molecule has 0 aliphatic carbocycles. The third-order valence-corrected chi connectivity index (χ3v) is 3.81. The van der Waals surface area contributed by atoms with Gasteiger partial charge in [-0.15, -0.1) is 0 Å². The molecule has 0 aromatic heterocycles. The number of hydrogen-bond acceptors (Lipinski definition) is 4. The van der Waals surface area contributed by atoms with Gasteiger partial charge in [-0.2, -0.15) is 0 Å². The Morgan fingerprint density at radius 1 is 0.875 bits per heavy atom. The van der Waals surface area contributed by atoms with E-state index in [9.17, 15) is 4.79 Å². The van der Waals surface area contributed by atoms with Crippen molar-refractivity contribution in [1.82, 2.24) is 4.90 Å². The Labute approximate surface area is 142 Å². The highest BCUT2D eigenvalue weighted by Gasteiger charge is 2.12. The molecule has 2 rings (SSSR count). The Morgan fingerprint density at radius 3 is 2.08 bits per heavy atom. The number of carbonyl (C=O) groups is 1. The zero-order chi connectivity index (χ0) is 17.5. The smallest absolute Gasteiger partial charge is 0.227 e. The van der Waals surface area contributed by atoms with Crippen molar-refractivity contribution >= 4 is 5.91 Å². The van der Waals surface area contributed by atoms with Crippen molar-refractivity contribution in [2.24, 2.45) is 0 Å². The van der Waals surface area contributed by atoms with E-state index in [2.05, 4.69) is 0 Å². The highest BCUT2D eigenvalue weighted by Crippen LogP contribution is 2.27. The van der Waals surface area contributed by atoms with Crippen LogP contribution in [-0.4, -0.2) is 39.2 Å². The van der Waals surface area contributed by atoms with E-state index >= 15 is 0 Å². The van der Waals surface area contributed by atoms with Gasteiger partial charge in [0.2, 0.25) is 5.91 Å². The number of amides is 1. The van der Waals surface area contributed by atoms with Crippen LogP contribution in [0.2, 0.25) is 0 Å². The van der Waals surface area contributed by atoms with E-state index in [0.717, 1.165) is 16.9 Å². The third kappa shape index (κ3) is 4.41. The summed E-state index contributed by atoms with van der Waals surface area (Å²) >= 11 is 0. The molecule has 0 N–H and O–H groups in total. The molecule has 0 saturated carbocycles. The van der Waals surface area contributed by atoms with Crippen molar-refractivity contribution in [3.8, 4) is 17.2 Å². The summed E-state index contributed by atoms with van der Waals surface area (Å²) in [7, 11) is 6.60. The second kappa shape index (κ2) is 8.24. The molecule has 5 heteroatoms. The van der Waals surface area contributed by atoms with Crippen LogP contribution in [0.25, 0.3) is 0 Å². The van der Waals surface area contributed by atoms with Gasteiger partial charge in [0.25, 0.3) is 0 Å². The first-order valence-corrected chi connectivity index (χ1v) is 7.65. The van der Waals surface area contributed by atoms with Crippen LogP contribution in [0.5, 0.6) is 17.2 Å². The SMILES string of the molecule is COc1ccc(CN(C)C(=O)Cc2ccc(OC)c(OC)c2)cc1. The third-order valence-electron chi connectivity index (χ3n) is 3.81. The van der Waals surface area contributed by atoms with Crippen molar-refractivity contribution < 1.29 is 19.0 Å². The summed E-state index contributed by atoms with van der Waals surface area (Å²) in [6.45, 7) is 0.552. The van der Waals surface area contributed by atoms with Gasteiger partial charge in [-0.25, -0.2) is 0 Å². The van der Waals surface area contributed by atoms with Crippen LogP contribution < -0.4 is 14.2 Å². The van der Waals surface area contributed by atoms with Gasteiger partial charge in [0.05, 0.1) is 27.8 Å². The molecule has 0 aliphatic heterocycles. The number of likely N-dealkylation sites (N-methyl/N-ethyl adjacent to an activating group) is 1. The summed E-state index contributed by atoms with van der Waals surface area (Å²) in [6, 6.07) is 13.2. The summed E-state index contributed by atoms with van der Waals surface area (Å²) in [5.41, 5.74) is 1.94. The van der Waals surface area contributed by atoms with Crippen molar-refractivity contribution in [1.29, 1.82) is 0 Å². The molecule has 0 spiro atoms. The van der Waals surface area contributed by atoms with Gasteiger partial charge in [0, 0.05) is 13.6 Å². The summed E-state index contributed by atoms with van der Waals surface area (Å²) in [5.74, 6) is 2.12. The first-order chi connectivity index (χ1) is 11.6. The number of benzene rings is 2. The fourth-order valence-electron chi connectivity index (χ4n) is 2.39. The first-order valence-electron chi connectivity index (χ1n) is 7.65. The predicted octanol–water partition coefficient (Wildman–Crippen LogP) is 2.91. The molecule has 0 bridgehead atoms. The van der Waals surface area contributed by atoms with E-state index in [1.54, 1.807) is 33.3 Å². The summed E-state index contributed by atoms with van der Waals surface area (Å²) in [4.78, 5) is 14.1. The Bertz CT molecular complexity index is 682. The number of hydrogen-bond donors (Lipinski definition) is 0. The Balaban J connectivity index is 2.00. The number of carbonyl (C=O) groups excluding carboxylic acids is 1. The number of nitrogens with zero attached hydrogens (tertiary/aromatic N) is 1. The monoisotopic (exact) mass is 329 g/mol. The number of rotatable bonds is 7. The van der Waals surface area contributed by atoms with Crippen LogP contribution in [0, 0.1) is 0 Å². The van der Waals surface area contributed by atoms with Crippen LogP contribution in [-0.2, 0) is 17.8 Å². The van der Waals surface area contributed by atoms with Crippen LogP contribution >= 0.6 is 0 Å². The highest BCUT2D eigenvalue weighted by molar-refractivity contribution is 5.78. The summed E-state index contributed by atoms with van der Waals surface area (Å²) < 4.78 is 15.6. The average Bonchev–Trinajstić information content (AvgIpc) is 2.62. The highest BCUT2D eigenvalue weighted by atomic mass is 16.5. The summed E-state index contributed by atoms with van der Waals surface area (Å²) in [6.07, 6.45) is 0.313. The van der Waals surface area contributed by atoms with E-state index in [0.29, 0.717) is 24.5 Å². The lowest BCUT2D eigenvalue weighted by atomic mass is 10.1. The van der Waals surface area contributed by atoms with E-state index in [1.165, 1.54) is 0 Å². The fraction of sp³-hybridized carbons (Fsp3) is 0.316. The Morgan fingerprint density at radius 2 is 1.50 bits per heavy atom. The molecule has 2 aromatic rings. The van der Waals surface area contributed by atoms with Gasteiger partial charge in [0.1, 0.15) is 5.75 Å². The maximum atomic E-state index is 12.4. The van der Waals surface area contributed by atoms with E-state index in [-0.39, 0.29) is 5.91 Å². The van der Waals surface area contributed by atoms with Crippen molar-refractivity contribution in [3.05, 3.63) is 53.6 Å². The molecule has 0 atom stereocenters. The molecule has 0 aliphatic rings. The molecule has 2 aromatic carbocycles. The summed E-state index contributed by atoms with van der Waals surface area (Å²) in [5, 5.41) is 0. The van der Waals surface area contributed by atoms with Crippen LogP contribution in [0.3, 0.4) is 0 Å². The van der Waals surface area contributed by atoms with Gasteiger partial charge in [0.15, 0.2) is 11.5 Å². The van der Waals surface area contributed by atoms with E-state index < -0.39 is 0 Å². The molecule has 5 nitrogen and oxygen atoms in total. The quantitative estimate of drug-likeness (QED) is 0.784. The zero-order valence-corrected chi connectivity index (χ0v) is 14.5. The Kier molecular flexibility index (Phi) is 6.07. The second-order valence-electron chi connectivity index (χ2n) is 5.46. The topological polar surface area (TPSA) is 48.0 Å².